The topological polar surface area (TPSA) is 61.4 Å². The first-order valence-electron chi connectivity index (χ1n) is 10.9. The Hall–Kier alpha value is -2.24. The largest absolute Gasteiger partial charge is 0.356 e. The Morgan fingerprint density at radius 3 is 2.34 bits per heavy atom. The summed E-state index contributed by atoms with van der Waals surface area (Å²) in [6.45, 7) is 9.61. The first kappa shape index (κ1) is 26.0. The van der Waals surface area contributed by atoms with E-state index in [1.165, 1.54) is 0 Å². The predicted molar refractivity (Wildman–Crippen MR) is 135 cm³/mol. The molecule has 32 heavy (non-hydrogen) atoms. The summed E-state index contributed by atoms with van der Waals surface area (Å²) in [6, 6.07) is 14.1. The smallest absolute Gasteiger partial charge is 0.326 e. The van der Waals surface area contributed by atoms with E-state index in [9.17, 15) is 9.59 Å². The lowest BCUT2D eigenvalue weighted by Crippen LogP contribution is -2.37. The van der Waals surface area contributed by atoms with Crippen molar-refractivity contribution in [1.82, 2.24) is 5.32 Å². The zero-order chi connectivity index (χ0) is 23.7. The number of halogens is 2. The number of carbonyl (C=O) groups excluding carboxylic acids is 2. The molecule has 0 aliphatic rings. The molecule has 174 valence electrons. The molecule has 1 atom stereocenters. The van der Waals surface area contributed by atoms with Gasteiger partial charge in [-0.15, -0.1) is 0 Å². The summed E-state index contributed by atoms with van der Waals surface area (Å²) in [6.07, 6.45) is 2.14. The molecule has 2 rings (SSSR count). The van der Waals surface area contributed by atoms with Crippen LogP contribution in [0, 0.1) is 11.3 Å². The van der Waals surface area contributed by atoms with Gasteiger partial charge in [-0.05, 0) is 54.5 Å². The molecule has 7 heteroatoms. The minimum atomic E-state index is -0.278. The third-order valence-corrected chi connectivity index (χ3v) is 5.60. The maximum Gasteiger partial charge on any atom is 0.326 e. The molecule has 0 saturated carbocycles. The minimum absolute atomic E-state index is 0.0493. The average Bonchev–Trinajstić information content (AvgIpc) is 2.69. The van der Waals surface area contributed by atoms with E-state index >= 15 is 0 Å². The van der Waals surface area contributed by atoms with Crippen molar-refractivity contribution in [2.45, 2.75) is 47.0 Å². The molecule has 1 unspecified atom stereocenters. The van der Waals surface area contributed by atoms with Crippen molar-refractivity contribution in [3.8, 4) is 0 Å². The van der Waals surface area contributed by atoms with Crippen LogP contribution in [0.2, 0.25) is 10.0 Å². The van der Waals surface area contributed by atoms with Crippen LogP contribution in [0.3, 0.4) is 0 Å². The molecular formula is C25H33Cl2N3O2. The molecule has 2 aromatic rings. The van der Waals surface area contributed by atoms with Gasteiger partial charge >= 0.3 is 6.03 Å². The van der Waals surface area contributed by atoms with Crippen molar-refractivity contribution >= 4 is 46.5 Å². The van der Waals surface area contributed by atoms with Gasteiger partial charge in [0.1, 0.15) is 0 Å². The molecule has 0 aliphatic carbocycles. The van der Waals surface area contributed by atoms with Crippen molar-refractivity contribution in [2.75, 3.05) is 23.3 Å². The number of rotatable bonds is 9. The first-order valence-corrected chi connectivity index (χ1v) is 11.7. The van der Waals surface area contributed by atoms with Gasteiger partial charge in [-0.1, -0.05) is 69.1 Å². The monoisotopic (exact) mass is 477 g/mol. The van der Waals surface area contributed by atoms with E-state index in [1.54, 1.807) is 23.1 Å². The van der Waals surface area contributed by atoms with Crippen LogP contribution in [0.1, 0.15) is 47.0 Å². The van der Waals surface area contributed by atoms with Crippen molar-refractivity contribution < 1.29 is 9.59 Å². The lowest BCUT2D eigenvalue weighted by atomic mass is 9.84. The number of amides is 3. The second kappa shape index (κ2) is 12.1. The molecule has 0 bridgehead atoms. The normalized spacial score (nSPS) is 12.2. The second-order valence-electron chi connectivity index (χ2n) is 9.32. The van der Waals surface area contributed by atoms with E-state index in [2.05, 4.69) is 38.3 Å². The fraction of sp³-hybridized carbons (Fsp3) is 0.440. The quantitative estimate of drug-likeness (QED) is 0.381. The fourth-order valence-corrected chi connectivity index (χ4v) is 3.99. The van der Waals surface area contributed by atoms with Crippen LogP contribution < -0.4 is 15.5 Å². The van der Waals surface area contributed by atoms with Gasteiger partial charge < -0.3 is 10.6 Å². The van der Waals surface area contributed by atoms with Gasteiger partial charge in [0.2, 0.25) is 5.91 Å². The number of carbonyl (C=O) groups is 2. The molecule has 0 spiro atoms. The van der Waals surface area contributed by atoms with E-state index in [4.69, 9.17) is 23.2 Å². The van der Waals surface area contributed by atoms with Gasteiger partial charge in [-0.25, -0.2) is 4.79 Å². The van der Waals surface area contributed by atoms with Crippen LogP contribution in [0.4, 0.5) is 16.2 Å². The number of para-hydroxylation sites is 1. The van der Waals surface area contributed by atoms with E-state index < -0.39 is 0 Å². The van der Waals surface area contributed by atoms with Crippen molar-refractivity contribution in [3.63, 3.8) is 0 Å². The highest BCUT2D eigenvalue weighted by Crippen LogP contribution is 2.26. The maximum absolute atomic E-state index is 13.0. The highest BCUT2D eigenvalue weighted by molar-refractivity contribution is 6.42. The Labute approximate surface area is 201 Å². The van der Waals surface area contributed by atoms with Crippen LogP contribution in [0.25, 0.3) is 0 Å². The Morgan fingerprint density at radius 2 is 1.72 bits per heavy atom. The summed E-state index contributed by atoms with van der Waals surface area (Å²) in [5, 5.41) is 6.64. The summed E-state index contributed by atoms with van der Waals surface area (Å²) in [7, 11) is 0. The standard InChI is InChI=1S/C25H33Cl2N3O2/c1-18(17-25(2,3)4)15-23(31)28-13-8-14-30(20-9-6-5-7-10-20)24(32)29-19-11-12-21(26)22(27)16-19/h5-7,9-12,16,18H,8,13-15,17H2,1-4H3,(H,28,31)(H,29,32). The van der Waals surface area contributed by atoms with Gasteiger partial charge in [-0.3, -0.25) is 9.69 Å². The lowest BCUT2D eigenvalue weighted by molar-refractivity contribution is -0.122. The van der Waals surface area contributed by atoms with Gasteiger partial charge in [0.05, 0.1) is 10.0 Å². The van der Waals surface area contributed by atoms with Crippen LogP contribution in [0.5, 0.6) is 0 Å². The number of hydrogen-bond donors (Lipinski definition) is 2. The molecule has 3 amide bonds. The SMILES string of the molecule is CC(CC(=O)NCCCN(C(=O)Nc1ccc(Cl)c(Cl)c1)c1ccccc1)CC(C)(C)C. The van der Waals surface area contributed by atoms with E-state index in [-0.39, 0.29) is 17.4 Å². The number of urea groups is 1. The molecule has 0 aliphatic heterocycles. The third kappa shape index (κ3) is 9.09. The Balaban J connectivity index is 1.92. The number of benzene rings is 2. The molecule has 2 N–H and O–H groups in total. The minimum Gasteiger partial charge on any atom is -0.356 e. The highest BCUT2D eigenvalue weighted by atomic mass is 35.5. The average molecular weight is 478 g/mol. The zero-order valence-electron chi connectivity index (χ0n) is 19.3. The van der Waals surface area contributed by atoms with Crippen LogP contribution in [-0.2, 0) is 4.79 Å². The highest BCUT2D eigenvalue weighted by Gasteiger charge is 2.18. The van der Waals surface area contributed by atoms with Gasteiger partial charge in [0.15, 0.2) is 0 Å². The molecule has 0 radical (unpaired) electrons. The van der Waals surface area contributed by atoms with Crippen LogP contribution in [0.15, 0.2) is 48.5 Å². The molecule has 5 nitrogen and oxygen atoms in total. The summed E-state index contributed by atoms with van der Waals surface area (Å²) in [5.74, 6) is 0.376. The maximum atomic E-state index is 13.0. The zero-order valence-corrected chi connectivity index (χ0v) is 20.8. The number of nitrogens with zero attached hydrogens (tertiary/aromatic N) is 1. The van der Waals surface area contributed by atoms with Gasteiger partial charge in [-0.2, -0.15) is 0 Å². The van der Waals surface area contributed by atoms with E-state index in [0.717, 1.165) is 12.1 Å². The Kier molecular flexibility index (Phi) is 9.85. The second-order valence-corrected chi connectivity index (χ2v) is 10.1. The third-order valence-electron chi connectivity index (χ3n) is 4.86. The van der Waals surface area contributed by atoms with Gasteiger partial charge in [0.25, 0.3) is 0 Å². The van der Waals surface area contributed by atoms with E-state index in [1.807, 2.05) is 30.3 Å². The van der Waals surface area contributed by atoms with Crippen LogP contribution in [-0.4, -0.2) is 25.0 Å². The number of hydrogen-bond acceptors (Lipinski definition) is 2. The first-order chi connectivity index (χ1) is 15.0. The van der Waals surface area contributed by atoms with Crippen LogP contribution >= 0.6 is 23.2 Å². The number of anilines is 2. The summed E-state index contributed by atoms with van der Waals surface area (Å²) in [4.78, 5) is 26.9. The Morgan fingerprint density at radius 1 is 1.03 bits per heavy atom. The van der Waals surface area contributed by atoms with Crippen molar-refractivity contribution in [3.05, 3.63) is 58.6 Å². The summed E-state index contributed by atoms with van der Waals surface area (Å²) in [5.41, 5.74) is 1.54. The van der Waals surface area contributed by atoms with Gasteiger partial charge in [0, 0.05) is 30.9 Å². The predicted octanol–water partition coefficient (Wildman–Crippen LogP) is 7.00. The molecule has 0 aromatic heterocycles. The number of nitrogens with one attached hydrogen (secondary N) is 2. The molecule has 0 fully saturated rings. The fourth-order valence-electron chi connectivity index (χ4n) is 3.69. The summed E-state index contributed by atoms with van der Waals surface area (Å²) < 4.78 is 0. The summed E-state index contributed by atoms with van der Waals surface area (Å²) >= 11 is 12.0. The molecular weight excluding hydrogens is 445 g/mol. The lowest BCUT2D eigenvalue weighted by Gasteiger charge is -2.24. The Bertz CT molecular complexity index is 898. The van der Waals surface area contributed by atoms with E-state index in [0.29, 0.717) is 47.6 Å². The molecule has 0 heterocycles. The van der Waals surface area contributed by atoms with Crippen molar-refractivity contribution in [2.24, 2.45) is 11.3 Å². The molecule has 2 aromatic carbocycles. The molecule has 0 saturated heterocycles. The van der Waals surface area contributed by atoms with Crippen molar-refractivity contribution in [1.29, 1.82) is 0 Å².